The molecule has 0 saturated carbocycles. The fourth-order valence-electron chi connectivity index (χ4n) is 2.39. The van der Waals surface area contributed by atoms with Gasteiger partial charge in [-0.2, -0.15) is 13.2 Å². The third-order valence-corrected chi connectivity index (χ3v) is 3.55. The van der Waals surface area contributed by atoms with Crippen molar-refractivity contribution in [2.45, 2.75) is 25.6 Å². The van der Waals surface area contributed by atoms with Gasteiger partial charge < -0.3 is 5.32 Å². The van der Waals surface area contributed by atoms with Crippen LogP contribution < -0.4 is 5.32 Å². The van der Waals surface area contributed by atoms with Gasteiger partial charge in [0.1, 0.15) is 0 Å². The molecule has 0 aliphatic rings. The number of nitrogens with one attached hydrogen (secondary N) is 1. The molecule has 112 valence electrons. The highest BCUT2D eigenvalue weighted by Gasteiger charge is 2.34. The van der Waals surface area contributed by atoms with Gasteiger partial charge in [-0.1, -0.05) is 48.0 Å². The van der Waals surface area contributed by atoms with Gasteiger partial charge in [-0.3, -0.25) is 0 Å². The maximum Gasteiger partial charge on any atom is 0.416 e. The number of hydrogen-bond donors (Lipinski definition) is 1. The summed E-state index contributed by atoms with van der Waals surface area (Å²) in [5.74, 6) is 0. The van der Waals surface area contributed by atoms with Crippen molar-refractivity contribution in [2.75, 3.05) is 7.05 Å². The third-order valence-electron chi connectivity index (χ3n) is 3.55. The molecular weight excluding hydrogens is 275 g/mol. The van der Waals surface area contributed by atoms with Gasteiger partial charge in [0.05, 0.1) is 5.56 Å². The Morgan fingerprint density at radius 1 is 1.00 bits per heavy atom. The summed E-state index contributed by atoms with van der Waals surface area (Å²) < 4.78 is 39.3. The molecule has 0 radical (unpaired) electrons. The van der Waals surface area contributed by atoms with E-state index in [-0.39, 0.29) is 11.6 Å². The Bertz CT molecular complexity index is 588. The van der Waals surface area contributed by atoms with E-state index in [1.807, 2.05) is 31.2 Å². The molecule has 2 aromatic carbocycles. The van der Waals surface area contributed by atoms with Crippen LogP contribution in [0.25, 0.3) is 0 Å². The summed E-state index contributed by atoms with van der Waals surface area (Å²) in [6.07, 6.45) is -3.82. The highest BCUT2D eigenvalue weighted by molar-refractivity contribution is 5.34. The Labute approximate surface area is 122 Å². The lowest BCUT2D eigenvalue weighted by atomic mass is 9.94. The minimum Gasteiger partial charge on any atom is -0.313 e. The van der Waals surface area contributed by atoms with Crippen LogP contribution in [0.5, 0.6) is 0 Å². The number of aryl methyl sites for hydroxylation is 1. The van der Waals surface area contributed by atoms with Crippen LogP contribution in [0.3, 0.4) is 0 Å². The second-order valence-electron chi connectivity index (χ2n) is 5.12. The van der Waals surface area contributed by atoms with Crippen LogP contribution in [0, 0.1) is 6.92 Å². The molecule has 0 aliphatic carbocycles. The molecule has 0 fully saturated rings. The number of halogens is 3. The average molecular weight is 293 g/mol. The van der Waals surface area contributed by atoms with Crippen LogP contribution in [0.4, 0.5) is 13.2 Å². The molecule has 0 spiro atoms. The van der Waals surface area contributed by atoms with E-state index in [0.29, 0.717) is 6.42 Å². The van der Waals surface area contributed by atoms with Crippen LogP contribution in [0.1, 0.15) is 28.3 Å². The Morgan fingerprint density at radius 2 is 1.62 bits per heavy atom. The van der Waals surface area contributed by atoms with Crippen molar-refractivity contribution in [3.8, 4) is 0 Å². The van der Waals surface area contributed by atoms with E-state index in [0.717, 1.165) is 17.2 Å². The molecule has 0 bridgehead atoms. The molecular formula is C17H18F3N. The zero-order valence-corrected chi connectivity index (χ0v) is 12.0. The SMILES string of the molecule is CNC(Cc1ccc(C)cc1)c1ccccc1C(F)(F)F. The second kappa shape index (κ2) is 6.31. The highest BCUT2D eigenvalue weighted by Crippen LogP contribution is 2.35. The molecule has 1 unspecified atom stereocenters. The van der Waals surface area contributed by atoms with E-state index >= 15 is 0 Å². The van der Waals surface area contributed by atoms with Gasteiger partial charge in [-0.25, -0.2) is 0 Å². The zero-order chi connectivity index (χ0) is 15.5. The van der Waals surface area contributed by atoms with Crippen LogP contribution in [-0.4, -0.2) is 7.05 Å². The van der Waals surface area contributed by atoms with Crippen LogP contribution >= 0.6 is 0 Å². The largest absolute Gasteiger partial charge is 0.416 e. The Kier molecular flexibility index (Phi) is 4.68. The van der Waals surface area contributed by atoms with Crippen molar-refractivity contribution in [3.05, 3.63) is 70.8 Å². The highest BCUT2D eigenvalue weighted by atomic mass is 19.4. The van der Waals surface area contributed by atoms with E-state index < -0.39 is 11.7 Å². The van der Waals surface area contributed by atoms with Crippen molar-refractivity contribution in [3.63, 3.8) is 0 Å². The smallest absolute Gasteiger partial charge is 0.313 e. The van der Waals surface area contributed by atoms with Crippen molar-refractivity contribution < 1.29 is 13.2 Å². The maximum atomic E-state index is 13.1. The minimum absolute atomic E-state index is 0.285. The fourth-order valence-corrected chi connectivity index (χ4v) is 2.39. The predicted molar refractivity (Wildman–Crippen MR) is 78.1 cm³/mol. The summed E-state index contributed by atoms with van der Waals surface area (Å²) in [6, 6.07) is 13.2. The van der Waals surface area contributed by atoms with Gasteiger partial charge in [0.2, 0.25) is 0 Å². The molecule has 1 N–H and O–H groups in total. The van der Waals surface area contributed by atoms with Gasteiger partial charge >= 0.3 is 6.18 Å². The van der Waals surface area contributed by atoms with Crippen molar-refractivity contribution in [1.82, 2.24) is 5.32 Å². The molecule has 0 amide bonds. The number of likely N-dealkylation sites (N-methyl/N-ethyl adjacent to an activating group) is 1. The quantitative estimate of drug-likeness (QED) is 0.874. The van der Waals surface area contributed by atoms with E-state index in [1.165, 1.54) is 12.1 Å². The molecule has 0 aromatic heterocycles. The topological polar surface area (TPSA) is 12.0 Å². The van der Waals surface area contributed by atoms with Crippen LogP contribution in [0.15, 0.2) is 48.5 Å². The van der Waals surface area contributed by atoms with E-state index in [9.17, 15) is 13.2 Å². The molecule has 2 rings (SSSR count). The number of alkyl halides is 3. The monoisotopic (exact) mass is 293 g/mol. The van der Waals surface area contributed by atoms with Crippen molar-refractivity contribution in [1.29, 1.82) is 0 Å². The number of hydrogen-bond acceptors (Lipinski definition) is 1. The fraction of sp³-hybridized carbons (Fsp3) is 0.294. The summed E-state index contributed by atoms with van der Waals surface area (Å²) >= 11 is 0. The summed E-state index contributed by atoms with van der Waals surface area (Å²) in [6.45, 7) is 1.98. The lowest BCUT2D eigenvalue weighted by Crippen LogP contribution is -2.22. The minimum atomic E-state index is -4.33. The molecule has 4 heteroatoms. The van der Waals surface area contributed by atoms with Crippen molar-refractivity contribution in [2.24, 2.45) is 0 Å². The summed E-state index contributed by atoms with van der Waals surface area (Å²) in [5.41, 5.74) is 1.86. The molecule has 0 heterocycles. The first-order valence-electron chi connectivity index (χ1n) is 6.80. The first-order valence-corrected chi connectivity index (χ1v) is 6.80. The third kappa shape index (κ3) is 3.85. The van der Waals surface area contributed by atoms with Gasteiger partial charge in [-0.15, -0.1) is 0 Å². The second-order valence-corrected chi connectivity index (χ2v) is 5.12. The van der Waals surface area contributed by atoms with E-state index in [4.69, 9.17) is 0 Å². The summed E-state index contributed by atoms with van der Waals surface area (Å²) in [4.78, 5) is 0. The lowest BCUT2D eigenvalue weighted by Gasteiger charge is -2.21. The number of rotatable bonds is 4. The van der Waals surface area contributed by atoms with Gasteiger partial charge in [0, 0.05) is 6.04 Å². The normalized spacial score (nSPS) is 13.2. The molecule has 2 aromatic rings. The Balaban J connectivity index is 2.32. The van der Waals surface area contributed by atoms with Crippen LogP contribution in [0.2, 0.25) is 0 Å². The molecule has 1 nitrogen and oxygen atoms in total. The maximum absolute atomic E-state index is 13.1. The number of benzene rings is 2. The predicted octanol–water partition coefficient (Wildman–Crippen LogP) is 4.52. The molecule has 0 aliphatic heterocycles. The van der Waals surface area contributed by atoms with Gasteiger partial charge in [-0.05, 0) is 37.6 Å². The van der Waals surface area contributed by atoms with Gasteiger partial charge in [0.15, 0.2) is 0 Å². The first kappa shape index (κ1) is 15.6. The zero-order valence-electron chi connectivity index (χ0n) is 12.0. The molecule has 0 saturated heterocycles. The lowest BCUT2D eigenvalue weighted by molar-refractivity contribution is -0.138. The van der Waals surface area contributed by atoms with Crippen LogP contribution in [-0.2, 0) is 12.6 Å². The molecule has 21 heavy (non-hydrogen) atoms. The summed E-state index contributed by atoms with van der Waals surface area (Å²) in [5, 5.41) is 2.99. The Hall–Kier alpha value is -1.81. The van der Waals surface area contributed by atoms with Gasteiger partial charge in [0.25, 0.3) is 0 Å². The van der Waals surface area contributed by atoms with E-state index in [2.05, 4.69) is 5.32 Å². The Morgan fingerprint density at radius 3 is 2.19 bits per heavy atom. The average Bonchev–Trinajstić information content (AvgIpc) is 2.46. The standard InChI is InChI=1S/C17H18F3N/c1-12-7-9-13(10-8-12)11-16(21-2)14-5-3-4-6-15(14)17(18,19)20/h3-10,16,21H,11H2,1-2H3. The van der Waals surface area contributed by atoms with Crippen molar-refractivity contribution >= 4 is 0 Å². The molecule has 1 atom stereocenters. The summed E-state index contributed by atoms with van der Waals surface area (Å²) in [7, 11) is 1.69. The first-order chi connectivity index (χ1) is 9.91. The van der Waals surface area contributed by atoms with E-state index in [1.54, 1.807) is 13.1 Å².